The van der Waals surface area contributed by atoms with Crippen LogP contribution in [0.4, 0.5) is 4.39 Å². The van der Waals surface area contributed by atoms with E-state index in [0.717, 1.165) is 11.1 Å². The van der Waals surface area contributed by atoms with Crippen molar-refractivity contribution in [2.75, 3.05) is 14.1 Å². The van der Waals surface area contributed by atoms with Gasteiger partial charge in [0.15, 0.2) is 0 Å². The number of benzene rings is 1. The second-order valence-corrected chi connectivity index (χ2v) is 3.99. The monoisotopic (exact) mass is 232 g/mol. The number of carbonyl (C=O) groups excluding carboxylic acids is 1. The Hall–Kier alpha value is -2.10. The van der Waals surface area contributed by atoms with Crippen molar-refractivity contribution in [1.82, 2.24) is 9.88 Å². The van der Waals surface area contributed by atoms with E-state index in [-0.39, 0.29) is 11.7 Å². The lowest BCUT2D eigenvalue weighted by atomic mass is 10.0. The van der Waals surface area contributed by atoms with Crippen LogP contribution in [0, 0.1) is 5.82 Å². The number of carbonyl (C=O) groups is 1. The molecule has 2 aromatic rings. The van der Waals surface area contributed by atoms with Crippen LogP contribution in [-0.4, -0.2) is 29.9 Å². The summed E-state index contributed by atoms with van der Waals surface area (Å²) in [5.74, 6) is -0.365. The number of hydrogen-bond acceptors (Lipinski definition) is 1. The van der Waals surface area contributed by atoms with Crippen LogP contribution in [0.25, 0.3) is 11.1 Å². The molecule has 0 aliphatic heterocycles. The van der Waals surface area contributed by atoms with Crippen LogP contribution in [0.3, 0.4) is 0 Å². The normalized spacial score (nSPS) is 10.3. The molecule has 2 rings (SSSR count). The second-order valence-electron chi connectivity index (χ2n) is 3.99. The van der Waals surface area contributed by atoms with E-state index in [1.165, 1.54) is 17.0 Å². The summed E-state index contributed by atoms with van der Waals surface area (Å²) in [6.07, 6.45) is 3.39. The van der Waals surface area contributed by atoms with E-state index in [1.807, 2.05) is 0 Å². The first-order chi connectivity index (χ1) is 8.09. The number of rotatable bonds is 2. The van der Waals surface area contributed by atoms with Gasteiger partial charge < -0.3 is 9.88 Å². The molecule has 1 aromatic heterocycles. The maximum atomic E-state index is 12.8. The Bertz CT molecular complexity index is 529. The van der Waals surface area contributed by atoms with Gasteiger partial charge in [0.05, 0.1) is 5.56 Å². The highest BCUT2D eigenvalue weighted by Gasteiger charge is 2.15. The summed E-state index contributed by atoms with van der Waals surface area (Å²) >= 11 is 0. The fraction of sp³-hybridized carbons (Fsp3) is 0.154. The molecule has 0 saturated carbocycles. The van der Waals surface area contributed by atoms with Crippen molar-refractivity contribution in [2.45, 2.75) is 0 Å². The van der Waals surface area contributed by atoms with Crippen LogP contribution < -0.4 is 0 Å². The van der Waals surface area contributed by atoms with Gasteiger partial charge in [0.2, 0.25) is 0 Å². The lowest BCUT2D eigenvalue weighted by Gasteiger charge is -2.10. The van der Waals surface area contributed by atoms with Crippen LogP contribution in [-0.2, 0) is 0 Å². The zero-order chi connectivity index (χ0) is 12.4. The molecule has 0 bridgehead atoms. The van der Waals surface area contributed by atoms with Gasteiger partial charge in [-0.05, 0) is 17.7 Å². The second kappa shape index (κ2) is 4.41. The smallest absolute Gasteiger partial charge is 0.255 e. The van der Waals surface area contributed by atoms with E-state index in [9.17, 15) is 9.18 Å². The predicted octanol–water partition coefficient (Wildman–Crippen LogP) is 2.52. The minimum Gasteiger partial charge on any atom is -0.366 e. The lowest BCUT2D eigenvalue weighted by Crippen LogP contribution is -2.21. The van der Waals surface area contributed by atoms with Crippen molar-refractivity contribution in [2.24, 2.45) is 0 Å². The minimum absolute atomic E-state index is 0.0782. The van der Waals surface area contributed by atoms with Gasteiger partial charge in [-0.1, -0.05) is 12.1 Å². The van der Waals surface area contributed by atoms with Gasteiger partial charge in [0.25, 0.3) is 5.91 Å². The Kier molecular flexibility index (Phi) is 2.95. The molecule has 4 heteroatoms. The highest BCUT2D eigenvalue weighted by atomic mass is 19.1. The molecular formula is C13H13FN2O. The van der Waals surface area contributed by atoms with Crippen LogP contribution in [0.15, 0.2) is 36.7 Å². The van der Waals surface area contributed by atoms with Crippen molar-refractivity contribution < 1.29 is 9.18 Å². The summed E-state index contributed by atoms with van der Waals surface area (Å²) in [6, 6.07) is 6.08. The third kappa shape index (κ3) is 2.20. The molecule has 1 N–H and O–H groups in total. The predicted molar refractivity (Wildman–Crippen MR) is 64.2 cm³/mol. The van der Waals surface area contributed by atoms with Gasteiger partial charge in [-0.25, -0.2) is 4.39 Å². The molecule has 0 unspecified atom stereocenters. The van der Waals surface area contributed by atoms with E-state index >= 15 is 0 Å². The molecule has 1 amide bonds. The van der Waals surface area contributed by atoms with Gasteiger partial charge in [-0.15, -0.1) is 0 Å². The third-order valence-corrected chi connectivity index (χ3v) is 2.54. The third-order valence-electron chi connectivity index (χ3n) is 2.54. The highest BCUT2D eigenvalue weighted by Crippen LogP contribution is 2.24. The molecule has 0 radical (unpaired) electrons. The van der Waals surface area contributed by atoms with Crippen molar-refractivity contribution in [1.29, 1.82) is 0 Å². The molecule has 0 spiro atoms. The van der Waals surface area contributed by atoms with Gasteiger partial charge >= 0.3 is 0 Å². The average Bonchev–Trinajstić information content (AvgIpc) is 2.77. The number of nitrogens with one attached hydrogen (secondary N) is 1. The van der Waals surface area contributed by atoms with Crippen molar-refractivity contribution in [3.8, 4) is 11.1 Å². The molecule has 88 valence electrons. The number of nitrogens with zero attached hydrogens (tertiary/aromatic N) is 1. The van der Waals surface area contributed by atoms with E-state index < -0.39 is 0 Å². The number of aromatic amines is 1. The molecule has 1 heterocycles. The number of hydrogen-bond donors (Lipinski definition) is 1. The molecule has 0 fully saturated rings. The van der Waals surface area contributed by atoms with Crippen molar-refractivity contribution >= 4 is 5.91 Å². The van der Waals surface area contributed by atoms with Crippen molar-refractivity contribution in [3.05, 3.63) is 48.0 Å². The Morgan fingerprint density at radius 2 is 1.82 bits per heavy atom. The number of amides is 1. The molecule has 0 aliphatic rings. The zero-order valence-corrected chi connectivity index (χ0v) is 9.70. The maximum Gasteiger partial charge on any atom is 0.255 e. The lowest BCUT2D eigenvalue weighted by molar-refractivity contribution is 0.0828. The van der Waals surface area contributed by atoms with Gasteiger partial charge in [-0.3, -0.25) is 4.79 Å². The fourth-order valence-electron chi connectivity index (χ4n) is 1.65. The molecular weight excluding hydrogens is 219 g/mol. The van der Waals surface area contributed by atoms with Gasteiger partial charge in [0, 0.05) is 32.1 Å². The molecule has 3 nitrogen and oxygen atoms in total. The Morgan fingerprint density at radius 3 is 2.41 bits per heavy atom. The largest absolute Gasteiger partial charge is 0.366 e. The number of halogens is 1. The van der Waals surface area contributed by atoms with Crippen LogP contribution >= 0.6 is 0 Å². The first-order valence-electron chi connectivity index (χ1n) is 5.24. The summed E-state index contributed by atoms with van der Waals surface area (Å²) in [5, 5.41) is 0. The van der Waals surface area contributed by atoms with Crippen molar-refractivity contribution in [3.63, 3.8) is 0 Å². The Morgan fingerprint density at radius 1 is 1.18 bits per heavy atom. The standard InChI is InChI=1S/C13H13FN2O/c1-16(2)13(17)12-8-15-7-11(12)9-3-5-10(14)6-4-9/h3-8,15H,1-2H3. The van der Waals surface area contributed by atoms with Gasteiger partial charge in [-0.2, -0.15) is 0 Å². The summed E-state index contributed by atoms with van der Waals surface area (Å²) < 4.78 is 12.8. The molecule has 0 saturated heterocycles. The molecule has 17 heavy (non-hydrogen) atoms. The highest BCUT2D eigenvalue weighted by molar-refractivity contribution is 6.00. The van der Waals surface area contributed by atoms with E-state index in [2.05, 4.69) is 4.98 Å². The number of aromatic nitrogens is 1. The average molecular weight is 232 g/mol. The topological polar surface area (TPSA) is 36.1 Å². The summed E-state index contributed by atoms with van der Waals surface area (Å²) in [4.78, 5) is 16.3. The molecule has 1 aromatic carbocycles. The molecule has 0 atom stereocenters. The summed E-state index contributed by atoms with van der Waals surface area (Å²) in [5.41, 5.74) is 2.18. The SMILES string of the molecule is CN(C)C(=O)c1c[nH]cc1-c1ccc(F)cc1. The van der Waals surface area contributed by atoms with E-state index in [4.69, 9.17) is 0 Å². The number of H-pyrrole nitrogens is 1. The van der Waals surface area contributed by atoms with E-state index in [0.29, 0.717) is 5.56 Å². The maximum absolute atomic E-state index is 12.8. The summed E-state index contributed by atoms with van der Waals surface area (Å²) in [6.45, 7) is 0. The van der Waals surface area contributed by atoms with Crippen LogP contribution in [0.1, 0.15) is 10.4 Å². The first-order valence-corrected chi connectivity index (χ1v) is 5.24. The first kappa shape index (κ1) is 11.4. The minimum atomic E-state index is -0.287. The van der Waals surface area contributed by atoms with Crippen LogP contribution in [0.2, 0.25) is 0 Å². The van der Waals surface area contributed by atoms with Gasteiger partial charge in [0.1, 0.15) is 5.82 Å². The zero-order valence-electron chi connectivity index (χ0n) is 9.70. The van der Waals surface area contributed by atoms with Crippen LogP contribution in [0.5, 0.6) is 0 Å². The Labute approximate surface area is 98.9 Å². The molecule has 0 aliphatic carbocycles. The van der Waals surface area contributed by atoms with E-state index in [1.54, 1.807) is 38.6 Å². The Balaban J connectivity index is 2.43. The quantitative estimate of drug-likeness (QED) is 0.848. The fourth-order valence-corrected chi connectivity index (χ4v) is 1.65. The summed E-state index contributed by atoms with van der Waals surface area (Å²) in [7, 11) is 3.40.